The van der Waals surface area contributed by atoms with Gasteiger partial charge >= 0.3 is 0 Å². The first-order valence-corrected chi connectivity index (χ1v) is 10.3. The molecule has 0 atom stereocenters. The molecule has 4 heterocycles. The van der Waals surface area contributed by atoms with Crippen molar-refractivity contribution in [3.8, 4) is 0 Å². The van der Waals surface area contributed by atoms with E-state index in [1.807, 2.05) is 11.0 Å². The van der Waals surface area contributed by atoms with Crippen LogP contribution >= 0.6 is 11.3 Å². The fourth-order valence-corrected chi connectivity index (χ4v) is 5.32. The molecule has 2 fully saturated rings. The summed E-state index contributed by atoms with van der Waals surface area (Å²) in [7, 11) is 0. The van der Waals surface area contributed by atoms with Gasteiger partial charge in [0.15, 0.2) is 0 Å². The molecule has 8 heteroatoms. The third kappa shape index (κ3) is 3.06. The number of aromatic amines is 1. The summed E-state index contributed by atoms with van der Waals surface area (Å²) in [5.41, 5.74) is 1.47. The first-order valence-electron chi connectivity index (χ1n) is 9.51. The van der Waals surface area contributed by atoms with Gasteiger partial charge in [-0.1, -0.05) is 0 Å². The van der Waals surface area contributed by atoms with Gasteiger partial charge in [-0.3, -0.25) is 14.7 Å². The topological polar surface area (TPSA) is 87.3 Å². The van der Waals surface area contributed by atoms with Gasteiger partial charge in [0.25, 0.3) is 11.8 Å². The van der Waals surface area contributed by atoms with Gasteiger partial charge in [0.1, 0.15) is 5.60 Å². The summed E-state index contributed by atoms with van der Waals surface area (Å²) in [5.74, 6) is 0.0462. The van der Waals surface area contributed by atoms with Crippen LogP contribution in [0.4, 0.5) is 0 Å². The van der Waals surface area contributed by atoms with Gasteiger partial charge in [-0.15, -0.1) is 11.3 Å². The number of hydrogen-bond acceptors (Lipinski definition) is 5. The number of hydrogen-bond donors (Lipinski definition) is 2. The molecule has 0 radical (unpaired) electrons. The third-order valence-electron chi connectivity index (χ3n) is 5.71. The standard InChI is InChI=1S/C19H22N4O3S/c24-17(22-14-1-2-14)15-9-12-3-8-26-19(16(12)27-15)4-6-23(7-5-19)18(25)13-10-20-21-11-13/h9-11,14H,1-8H2,(H,20,21)(H,22,24). The zero-order valence-corrected chi connectivity index (χ0v) is 15.8. The highest BCUT2D eigenvalue weighted by Gasteiger charge is 2.43. The molecular formula is C19H22N4O3S. The molecule has 142 valence electrons. The molecule has 1 aliphatic carbocycles. The Morgan fingerprint density at radius 2 is 2.15 bits per heavy atom. The first kappa shape index (κ1) is 16.9. The molecule has 3 aliphatic rings. The number of nitrogens with zero attached hydrogens (tertiary/aromatic N) is 2. The monoisotopic (exact) mass is 386 g/mol. The zero-order chi connectivity index (χ0) is 18.4. The molecule has 2 aromatic heterocycles. The number of likely N-dealkylation sites (tertiary alicyclic amines) is 1. The molecule has 1 saturated heterocycles. The number of nitrogens with one attached hydrogen (secondary N) is 2. The lowest BCUT2D eigenvalue weighted by Gasteiger charge is -2.43. The van der Waals surface area contributed by atoms with Crippen LogP contribution in [0, 0.1) is 0 Å². The van der Waals surface area contributed by atoms with E-state index in [2.05, 4.69) is 15.5 Å². The second-order valence-electron chi connectivity index (χ2n) is 7.58. The Morgan fingerprint density at radius 3 is 2.85 bits per heavy atom. The Morgan fingerprint density at radius 1 is 1.33 bits per heavy atom. The highest BCUT2D eigenvalue weighted by molar-refractivity contribution is 7.14. The van der Waals surface area contributed by atoms with Gasteiger partial charge in [-0.2, -0.15) is 5.10 Å². The molecule has 2 amide bonds. The Hall–Kier alpha value is -2.19. The van der Waals surface area contributed by atoms with Crippen LogP contribution in [-0.2, 0) is 16.8 Å². The summed E-state index contributed by atoms with van der Waals surface area (Å²) in [6.07, 6.45) is 7.73. The molecule has 2 aromatic rings. The van der Waals surface area contributed by atoms with Crippen molar-refractivity contribution in [1.29, 1.82) is 0 Å². The van der Waals surface area contributed by atoms with Crippen molar-refractivity contribution in [3.63, 3.8) is 0 Å². The number of piperidine rings is 1. The third-order valence-corrected chi connectivity index (χ3v) is 7.07. The molecule has 1 saturated carbocycles. The van der Waals surface area contributed by atoms with Crippen LogP contribution in [0.25, 0.3) is 0 Å². The fraction of sp³-hybridized carbons (Fsp3) is 0.526. The highest BCUT2D eigenvalue weighted by atomic mass is 32.1. The minimum Gasteiger partial charge on any atom is -0.369 e. The van der Waals surface area contributed by atoms with E-state index in [1.54, 1.807) is 23.7 Å². The summed E-state index contributed by atoms with van der Waals surface area (Å²) >= 11 is 1.57. The van der Waals surface area contributed by atoms with Gasteiger partial charge in [0.2, 0.25) is 0 Å². The van der Waals surface area contributed by atoms with E-state index in [4.69, 9.17) is 4.74 Å². The van der Waals surface area contributed by atoms with E-state index < -0.39 is 0 Å². The lowest BCUT2D eigenvalue weighted by molar-refractivity contribution is -0.0906. The number of rotatable bonds is 3. The number of ether oxygens (including phenoxy) is 1. The number of aromatic nitrogens is 2. The van der Waals surface area contributed by atoms with Crippen LogP contribution in [-0.4, -0.2) is 52.6 Å². The van der Waals surface area contributed by atoms with Gasteiger partial charge < -0.3 is 15.0 Å². The van der Waals surface area contributed by atoms with Crippen molar-refractivity contribution < 1.29 is 14.3 Å². The molecule has 1 spiro atoms. The number of amides is 2. The average molecular weight is 386 g/mol. The van der Waals surface area contributed by atoms with Crippen molar-refractivity contribution >= 4 is 23.2 Å². The van der Waals surface area contributed by atoms with E-state index in [9.17, 15) is 9.59 Å². The maximum atomic E-state index is 12.6. The minimum atomic E-state index is -0.358. The summed E-state index contributed by atoms with van der Waals surface area (Å²) in [6.45, 7) is 1.96. The Bertz CT molecular complexity index is 864. The molecule has 7 nitrogen and oxygen atoms in total. The molecule has 0 unspecified atom stereocenters. The minimum absolute atomic E-state index is 0.00492. The number of H-pyrrole nitrogens is 1. The van der Waals surface area contributed by atoms with Crippen molar-refractivity contribution in [2.24, 2.45) is 0 Å². The molecule has 2 aliphatic heterocycles. The molecule has 5 rings (SSSR count). The predicted molar refractivity (Wildman–Crippen MR) is 99.9 cm³/mol. The molecule has 0 bridgehead atoms. The first-order chi connectivity index (χ1) is 13.1. The number of carbonyl (C=O) groups excluding carboxylic acids is 2. The van der Waals surface area contributed by atoms with Crippen molar-refractivity contribution in [2.75, 3.05) is 19.7 Å². The van der Waals surface area contributed by atoms with Crippen molar-refractivity contribution in [2.45, 2.75) is 43.7 Å². The lowest BCUT2D eigenvalue weighted by atomic mass is 9.85. The van der Waals surface area contributed by atoms with Crippen LogP contribution in [0.5, 0.6) is 0 Å². The van der Waals surface area contributed by atoms with Crippen LogP contribution in [0.1, 0.15) is 56.2 Å². The van der Waals surface area contributed by atoms with Crippen molar-refractivity contribution in [3.05, 3.63) is 39.3 Å². The molecule has 27 heavy (non-hydrogen) atoms. The largest absolute Gasteiger partial charge is 0.369 e. The zero-order valence-electron chi connectivity index (χ0n) is 15.0. The van der Waals surface area contributed by atoms with E-state index in [-0.39, 0.29) is 17.4 Å². The fourth-order valence-electron chi connectivity index (χ4n) is 4.01. The summed E-state index contributed by atoms with van der Waals surface area (Å²) in [6, 6.07) is 2.41. The Balaban J connectivity index is 1.34. The van der Waals surface area contributed by atoms with E-state index in [0.717, 1.165) is 37.0 Å². The van der Waals surface area contributed by atoms with Gasteiger partial charge in [0, 0.05) is 30.2 Å². The van der Waals surface area contributed by atoms with Crippen LogP contribution in [0.3, 0.4) is 0 Å². The highest BCUT2D eigenvalue weighted by Crippen LogP contribution is 2.45. The van der Waals surface area contributed by atoms with Gasteiger partial charge in [-0.05, 0) is 43.7 Å². The second-order valence-corrected chi connectivity index (χ2v) is 8.64. The summed E-state index contributed by atoms with van der Waals surface area (Å²) < 4.78 is 6.26. The predicted octanol–water partition coefficient (Wildman–Crippen LogP) is 2.07. The van der Waals surface area contributed by atoms with Crippen molar-refractivity contribution in [1.82, 2.24) is 20.4 Å². The maximum Gasteiger partial charge on any atom is 0.261 e. The number of carbonyl (C=O) groups is 2. The van der Waals surface area contributed by atoms with E-state index in [1.165, 1.54) is 10.4 Å². The summed E-state index contributed by atoms with van der Waals surface area (Å²) in [5, 5.41) is 9.63. The molecule has 0 aromatic carbocycles. The SMILES string of the molecule is O=C(NC1CC1)c1cc2c(s1)C1(CCN(C(=O)c3cn[nH]c3)CC1)OCC2. The number of thiophene rings is 1. The smallest absolute Gasteiger partial charge is 0.261 e. The quantitative estimate of drug-likeness (QED) is 0.845. The normalized spacial score (nSPS) is 21.1. The van der Waals surface area contributed by atoms with E-state index >= 15 is 0 Å². The van der Waals surface area contributed by atoms with Gasteiger partial charge in [0.05, 0.1) is 23.2 Å². The Labute approximate surface area is 161 Å². The van der Waals surface area contributed by atoms with E-state index in [0.29, 0.717) is 31.3 Å². The van der Waals surface area contributed by atoms with Crippen LogP contribution in [0.15, 0.2) is 18.5 Å². The van der Waals surface area contributed by atoms with Crippen LogP contribution in [0.2, 0.25) is 0 Å². The van der Waals surface area contributed by atoms with Gasteiger partial charge in [-0.25, -0.2) is 0 Å². The Kier molecular flexibility index (Phi) is 4.05. The number of fused-ring (bicyclic) bond motifs is 2. The second kappa shape index (κ2) is 6.45. The average Bonchev–Trinajstić information content (AvgIpc) is 3.16. The molecule has 2 N–H and O–H groups in total. The molecular weight excluding hydrogens is 364 g/mol. The maximum absolute atomic E-state index is 12.6. The lowest BCUT2D eigenvalue weighted by Crippen LogP contribution is -2.47. The summed E-state index contributed by atoms with van der Waals surface area (Å²) in [4.78, 5) is 28.8. The van der Waals surface area contributed by atoms with Crippen LogP contribution < -0.4 is 5.32 Å².